The number of aliphatic carboxylic acids is 1. The van der Waals surface area contributed by atoms with Crippen molar-refractivity contribution in [3.05, 3.63) is 24.3 Å². The van der Waals surface area contributed by atoms with Gasteiger partial charge in [0.2, 0.25) is 5.91 Å². The summed E-state index contributed by atoms with van der Waals surface area (Å²) in [6, 6.07) is 7.46. The molecule has 30 heavy (non-hydrogen) atoms. The minimum Gasteiger partial charge on any atom is -0.481 e. The molecule has 1 aromatic rings. The first kappa shape index (κ1) is 21.1. The highest BCUT2D eigenvalue weighted by Gasteiger charge is 2.56. The highest BCUT2D eigenvalue weighted by atomic mass is 35.5. The maximum Gasteiger partial charge on any atom is 0.311 e. The molecule has 2 saturated carbocycles. The minimum atomic E-state index is -0.814. The SMILES string of the molecule is Cl.O=C(CN1C[C@@H]2CCC[C@@]2(C(=O)O)C1)N1c2ccccc2NC(=O)C12CCCC2. The van der Waals surface area contributed by atoms with Crippen molar-refractivity contribution in [2.45, 2.75) is 50.5 Å². The van der Waals surface area contributed by atoms with Gasteiger partial charge in [0.15, 0.2) is 0 Å². The second-order valence-corrected chi connectivity index (χ2v) is 9.16. The van der Waals surface area contributed by atoms with Crippen LogP contribution in [0.4, 0.5) is 11.4 Å². The number of carboxylic acid groups (broad SMARTS) is 1. The van der Waals surface area contributed by atoms with Crippen molar-refractivity contribution in [3.63, 3.8) is 0 Å². The van der Waals surface area contributed by atoms with Crippen LogP contribution in [0.2, 0.25) is 0 Å². The molecule has 8 heteroatoms. The maximum absolute atomic E-state index is 13.6. The quantitative estimate of drug-likeness (QED) is 0.765. The summed E-state index contributed by atoms with van der Waals surface area (Å²) in [5, 5.41) is 12.8. The van der Waals surface area contributed by atoms with Crippen LogP contribution in [-0.2, 0) is 14.4 Å². The van der Waals surface area contributed by atoms with Gasteiger partial charge in [0.05, 0.1) is 23.3 Å². The fourth-order valence-electron chi connectivity index (χ4n) is 6.25. The number of nitrogens with one attached hydrogen (secondary N) is 1. The number of para-hydroxylation sites is 2. The van der Waals surface area contributed by atoms with Crippen LogP contribution in [0.25, 0.3) is 0 Å². The molecule has 7 nitrogen and oxygen atoms in total. The van der Waals surface area contributed by atoms with E-state index in [9.17, 15) is 19.5 Å². The Morgan fingerprint density at radius 2 is 1.87 bits per heavy atom. The summed E-state index contributed by atoms with van der Waals surface area (Å²) in [5.41, 5.74) is -0.0939. The molecule has 2 amide bonds. The van der Waals surface area contributed by atoms with Crippen molar-refractivity contribution < 1.29 is 19.5 Å². The summed E-state index contributed by atoms with van der Waals surface area (Å²) >= 11 is 0. The Morgan fingerprint density at radius 1 is 1.13 bits per heavy atom. The number of carboxylic acids is 1. The van der Waals surface area contributed by atoms with E-state index in [2.05, 4.69) is 5.32 Å². The van der Waals surface area contributed by atoms with E-state index in [1.54, 1.807) is 4.90 Å². The number of anilines is 2. The van der Waals surface area contributed by atoms with Crippen LogP contribution >= 0.6 is 12.4 Å². The van der Waals surface area contributed by atoms with Crippen LogP contribution in [0, 0.1) is 11.3 Å². The van der Waals surface area contributed by atoms with E-state index in [1.807, 2.05) is 29.2 Å². The molecular weight excluding hydrogens is 406 g/mol. The lowest BCUT2D eigenvalue weighted by molar-refractivity contribution is -0.149. The van der Waals surface area contributed by atoms with Gasteiger partial charge in [-0.2, -0.15) is 0 Å². The van der Waals surface area contributed by atoms with E-state index in [4.69, 9.17) is 0 Å². The van der Waals surface area contributed by atoms with Gasteiger partial charge in [0.1, 0.15) is 5.54 Å². The van der Waals surface area contributed by atoms with Crippen molar-refractivity contribution >= 4 is 41.6 Å². The second-order valence-electron chi connectivity index (χ2n) is 9.16. The lowest BCUT2D eigenvalue weighted by Gasteiger charge is -2.44. The minimum absolute atomic E-state index is 0. The Balaban J connectivity index is 0.00000218. The molecule has 0 aromatic heterocycles. The fourth-order valence-corrected chi connectivity index (χ4v) is 6.25. The molecule has 0 radical (unpaired) electrons. The number of hydrogen-bond acceptors (Lipinski definition) is 4. The van der Waals surface area contributed by atoms with Crippen molar-refractivity contribution in [2.24, 2.45) is 11.3 Å². The number of rotatable bonds is 3. The summed E-state index contributed by atoms with van der Waals surface area (Å²) in [4.78, 5) is 42.3. The van der Waals surface area contributed by atoms with Gasteiger partial charge in [-0.1, -0.05) is 31.4 Å². The molecule has 162 valence electrons. The average molecular weight is 434 g/mol. The molecule has 2 atom stereocenters. The van der Waals surface area contributed by atoms with Gasteiger partial charge in [-0.15, -0.1) is 12.4 Å². The number of carbonyl (C=O) groups is 3. The molecule has 3 fully saturated rings. The first-order valence-electron chi connectivity index (χ1n) is 10.7. The van der Waals surface area contributed by atoms with Crippen molar-refractivity contribution in [2.75, 3.05) is 29.9 Å². The largest absolute Gasteiger partial charge is 0.481 e. The molecule has 0 unspecified atom stereocenters. The zero-order valence-corrected chi connectivity index (χ0v) is 17.7. The zero-order valence-electron chi connectivity index (χ0n) is 16.9. The molecule has 2 aliphatic carbocycles. The molecule has 4 aliphatic rings. The van der Waals surface area contributed by atoms with Crippen LogP contribution in [0.15, 0.2) is 24.3 Å². The third-order valence-corrected chi connectivity index (χ3v) is 7.65. The van der Waals surface area contributed by atoms with Gasteiger partial charge in [-0.25, -0.2) is 0 Å². The van der Waals surface area contributed by atoms with Crippen LogP contribution in [0.1, 0.15) is 44.9 Å². The van der Waals surface area contributed by atoms with Gasteiger partial charge in [-0.3, -0.25) is 24.2 Å². The normalized spacial score (nSPS) is 29.3. The van der Waals surface area contributed by atoms with E-state index in [-0.39, 0.29) is 36.7 Å². The van der Waals surface area contributed by atoms with Crippen LogP contribution in [0.5, 0.6) is 0 Å². The van der Waals surface area contributed by atoms with Gasteiger partial charge >= 0.3 is 5.97 Å². The highest BCUT2D eigenvalue weighted by Crippen LogP contribution is 2.49. The monoisotopic (exact) mass is 433 g/mol. The van der Waals surface area contributed by atoms with Crippen molar-refractivity contribution in [1.29, 1.82) is 0 Å². The summed E-state index contributed by atoms with van der Waals surface area (Å²) < 4.78 is 0. The highest BCUT2D eigenvalue weighted by molar-refractivity contribution is 6.15. The summed E-state index contributed by atoms with van der Waals surface area (Å²) in [6.45, 7) is 1.23. The molecular formula is C22H28ClN3O4. The third-order valence-electron chi connectivity index (χ3n) is 7.65. The number of benzene rings is 1. The zero-order chi connectivity index (χ0) is 20.2. The Bertz CT molecular complexity index is 885. The second kappa shape index (κ2) is 7.54. The van der Waals surface area contributed by atoms with Gasteiger partial charge in [0, 0.05) is 13.1 Å². The number of likely N-dealkylation sites (tertiary alicyclic amines) is 1. The van der Waals surface area contributed by atoms with Gasteiger partial charge in [0.25, 0.3) is 5.91 Å². The van der Waals surface area contributed by atoms with E-state index >= 15 is 0 Å². The molecule has 1 saturated heterocycles. The van der Waals surface area contributed by atoms with Crippen LogP contribution < -0.4 is 10.2 Å². The smallest absolute Gasteiger partial charge is 0.311 e. The summed E-state index contributed by atoms with van der Waals surface area (Å²) in [6.07, 6.45) is 5.73. The lowest BCUT2D eigenvalue weighted by atomic mass is 9.81. The van der Waals surface area contributed by atoms with E-state index in [0.717, 1.165) is 31.4 Å². The van der Waals surface area contributed by atoms with E-state index < -0.39 is 16.9 Å². The van der Waals surface area contributed by atoms with Crippen molar-refractivity contribution in [1.82, 2.24) is 4.90 Å². The predicted octanol–water partition coefficient (Wildman–Crippen LogP) is 2.89. The number of carbonyl (C=O) groups excluding carboxylic acids is 2. The molecule has 2 aliphatic heterocycles. The number of halogens is 1. The van der Waals surface area contributed by atoms with Gasteiger partial charge in [-0.05, 0) is 43.7 Å². The van der Waals surface area contributed by atoms with E-state index in [1.165, 1.54) is 0 Å². The molecule has 0 bridgehead atoms. The first-order valence-corrected chi connectivity index (χ1v) is 10.7. The summed E-state index contributed by atoms with van der Waals surface area (Å²) in [5.74, 6) is -0.813. The molecule has 2 heterocycles. The average Bonchev–Trinajstić information content (AvgIpc) is 3.38. The van der Waals surface area contributed by atoms with Crippen LogP contribution in [-0.4, -0.2) is 53.0 Å². The number of nitrogens with zero attached hydrogens (tertiary/aromatic N) is 2. The first-order chi connectivity index (χ1) is 14.0. The predicted molar refractivity (Wildman–Crippen MR) is 115 cm³/mol. The summed E-state index contributed by atoms with van der Waals surface area (Å²) in [7, 11) is 0. The Labute approximate surface area is 182 Å². The molecule has 2 N–H and O–H groups in total. The Hall–Kier alpha value is -2.12. The molecule has 5 rings (SSSR count). The van der Waals surface area contributed by atoms with Gasteiger partial charge < -0.3 is 10.4 Å². The molecule has 1 aromatic carbocycles. The number of amides is 2. The standard InChI is InChI=1S/C22H27N3O4.ClH/c26-18(13-24-12-15-6-5-9-21(15,14-24)20(28)29)25-17-8-2-1-7-16(17)23-19(27)22(25)10-3-4-11-22;/h1-2,7-8,15H,3-6,9-14H2,(H,23,27)(H,28,29);1H/t15-,21+;/m0./s1. The Morgan fingerprint density at radius 3 is 2.57 bits per heavy atom. The third kappa shape index (κ3) is 2.94. The number of fused-ring (bicyclic) bond motifs is 2. The van der Waals surface area contributed by atoms with Crippen LogP contribution in [0.3, 0.4) is 0 Å². The Kier molecular flexibility index (Phi) is 5.31. The fraction of sp³-hybridized carbons (Fsp3) is 0.591. The van der Waals surface area contributed by atoms with E-state index in [0.29, 0.717) is 38.0 Å². The number of hydrogen-bond donors (Lipinski definition) is 2. The topological polar surface area (TPSA) is 89.9 Å². The lowest BCUT2D eigenvalue weighted by Crippen LogP contribution is -2.62. The van der Waals surface area contributed by atoms with Crippen molar-refractivity contribution in [3.8, 4) is 0 Å². The maximum atomic E-state index is 13.6. The molecule has 1 spiro atoms.